The van der Waals surface area contributed by atoms with E-state index in [2.05, 4.69) is 10.3 Å². The average molecular weight is 326 g/mol. The van der Waals surface area contributed by atoms with Gasteiger partial charge in [-0.15, -0.1) is 0 Å². The minimum Gasteiger partial charge on any atom is -0.493 e. The van der Waals surface area contributed by atoms with Crippen LogP contribution in [0.4, 0.5) is 4.79 Å². The van der Waals surface area contributed by atoms with Crippen LogP contribution in [-0.4, -0.2) is 22.7 Å². The zero-order valence-electron chi connectivity index (χ0n) is 12.2. The normalized spacial score (nSPS) is 15.7. The number of amides is 2. The molecule has 23 heavy (non-hydrogen) atoms. The van der Waals surface area contributed by atoms with Gasteiger partial charge in [-0.1, -0.05) is 18.2 Å². The number of imide groups is 1. The first kappa shape index (κ1) is 15.3. The van der Waals surface area contributed by atoms with Crippen LogP contribution in [0.15, 0.2) is 53.6 Å². The highest BCUT2D eigenvalue weighted by Gasteiger charge is 2.24. The number of hydrogen-bond donors (Lipinski definition) is 1. The Morgan fingerprint density at radius 3 is 2.61 bits per heavy atom. The molecule has 3 rings (SSSR count). The minimum absolute atomic E-state index is 0.337. The summed E-state index contributed by atoms with van der Waals surface area (Å²) in [7, 11) is 0. The fourth-order valence-corrected chi connectivity index (χ4v) is 2.73. The maximum atomic E-state index is 11.5. The van der Waals surface area contributed by atoms with Gasteiger partial charge in [0.25, 0.3) is 11.1 Å². The van der Waals surface area contributed by atoms with Crippen molar-refractivity contribution in [3.05, 3.63) is 64.8 Å². The number of benzene rings is 1. The van der Waals surface area contributed by atoms with Crippen LogP contribution >= 0.6 is 11.8 Å². The summed E-state index contributed by atoms with van der Waals surface area (Å²) >= 11 is 0.908. The van der Waals surface area contributed by atoms with E-state index in [0.29, 0.717) is 11.5 Å². The number of ether oxygens (including phenoxy) is 1. The van der Waals surface area contributed by atoms with Gasteiger partial charge in [-0.05, 0) is 47.7 Å². The Bertz CT molecular complexity index is 742. The SMILES string of the molecule is O=C1NC(=O)/C(=C/c2ccc(OCCc3ccccn3)cc2)S1. The van der Waals surface area contributed by atoms with Crippen molar-refractivity contribution in [1.82, 2.24) is 10.3 Å². The third-order valence-electron chi connectivity index (χ3n) is 3.17. The summed E-state index contributed by atoms with van der Waals surface area (Å²) in [5, 5.41) is 1.89. The fraction of sp³-hybridized carbons (Fsp3) is 0.118. The molecule has 2 heterocycles. The summed E-state index contributed by atoms with van der Waals surface area (Å²) in [6.07, 6.45) is 4.19. The molecule has 0 unspecified atom stereocenters. The van der Waals surface area contributed by atoms with Gasteiger partial charge in [-0.25, -0.2) is 0 Å². The van der Waals surface area contributed by atoms with E-state index >= 15 is 0 Å². The van der Waals surface area contributed by atoms with Gasteiger partial charge in [0, 0.05) is 18.3 Å². The Kier molecular flexibility index (Phi) is 4.73. The Balaban J connectivity index is 1.56. The smallest absolute Gasteiger partial charge is 0.290 e. The molecule has 2 aromatic rings. The predicted octanol–water partition coefficient (Wildman–Crippen LogP) is 3.03. The monoisotopic (exact) mass is 326 g/mol. The summed E-state index contributed by atoms with van der Waals surface area (Å²) < 4.78 is 5.67. The molecule has 0 atom stereocenters. The molecule has 1 aromatic carbocycles. The highest BCUT2D eigenvalue weighted by Crippen LogP contribution is 2.26. The third-order valence-corrected chi connectivity index (χ3v) is 3.98. The summed E-state index contributed by atoms with van der Waals surface area (Å²) in [6, 6.07) is 13.2. The van der Waals surface area contributed by atoms with Crippen LogP contribution in [0, 0.1) is 0 Å². The average Bonchev–Trinajstić information content (AvgIpc) is 2.88. The van der Waals surface area contributed by atoms with E-state index in [1.165, 1.54) is 0 Å². The molecular weight excluding hydrogens is 312 g/mol. The van der Waals surface area contributed by atoms with Crippen molar-refractivity contribution in [1.29, 1.82) is 0 Å². The largest absolute Gasteiger partial charge is 0.493 e. The third kappa shape index (κ3) is 4.20. The van der Waals surface area contributed by atoms with Crippen LogP contribution in [0.3, 0.4) is 0 Å². The predicted molar refractivity (Wildman–Crippen MR) is 89.0 cm³/mol. The van der Waals surface area contributed by atoms with Gasteiger partial charge in [-0.2, -0.15) is 0 Å². The lowest BCUT2D eigenvalue weighted by atomic mass is 10.2. The van der Waals surface area contributed by atoms with Gasteiger partial charge >= 0.3 is 0 Å². The zero-order chi connectivity index (χ0) is 16.1. The van der Waals surface area contributed by atoms with E-state index in [0.717, 1.165) is 35.2 Å². The maximum absolute atomic E-state index is 11.5. The molecule has 0 saturated carbocycles. The highest BCUT2D eigenvalue weighted by atomic mass is 32.2. The van der Waals surface area contributed by atoms with Crippen molar-refractivity contribution in [2.45, 2.75) is 6.42 Å². The molecule has 0 radical (unpaired) electrons. The van der Waals surface area contributed by atoms with E-state index in [4.69, 9.17) is 4.74 Å². The molecule has 6 heteroatoms. The van der Waals surface area contributed by atoms with Gasteiger partial charge in [0.1, 0.15) is 5.75 Å². The second kappa shape index (κ2) is 7.11. The number of rotatable bonds is 5. The number of pyridine rings is 1. The first-order chi connectivity index (χ1) is 11.2. The van der Waals surface area contributed by atoms with Crippen molar-refractivity contribution in [3.8, 4) is 5.75 Å². The van der Waals surface area contributed by atoms with Crippen molar-refractivity contribution < 1.29 is 14.3 Å². The molecule has 1 aromatic heterocycles. The number of nitrogens with zero attached hydrogens (tertiary/aromatic N) is 1. The fourth-order valence-electron chi connectivity index (χ4n) is 2.05. The van der Waals surface area contributed by atoms with Crippen LogP contribution in [0.5, 0.6) is 5.75 Å². The van der Waals surface area contributed by atoms with Crippen molar-refractivity contribution in [2.24, 2.45) is 0 Å². The molecule has 2 amide bonds. The van der Waals surface area contributed by atoms with E-state index < -0.39 is 0 Å². The molecule has 0 bridgehead atoms. The molecule has 1 aliphatic heterocycles. The van der Waals surface area contributed by atoms with Gasteiger partial charge in [0.05, 0.1) is 11.5 Å². The summed E-state index contributed by atoms with van der Waals surface area (Å²) in [5.74, 6) is 0.401. The Hall–Kier alpha value is -2.60. The lowest BCUT2D eigenvalue weighted by molar-refractivity contribution is -0.115. The van der Waals surface area contributed by atoms with Crippen LogP contribution in [0.1, 0.15) is 11.3 Å². The van der Waals surface area contributed by atoms with Crippen LogP contribution < -0.4 is 10.1 Å². The second-order valence-electron chi connectivity index (χ2n) is 4.84. The summed E-state index contributed by atoms with van der Waals surface area (Å²) in [4.78, 5) is 27.2. The maximum Gasteiger partial charge on any atom is 0.290 e. The lowest BCUT2D eigenvalue weighted by Crippen LogP contribution is -2.17. The van der Waals surface area contributed by atoms with Crippen molar-refractivity contribution >= 4 is 29.0 Å². The van der Waals surface area contributed by atoms with E-state index in [1.54, 1.807) is 12.3 Å². The molecule has 5 nitrogen and oxygen atoms in total. The number of aromatic nitrogens is 1. The number of nitrogens with one attached hydrogen (secondary N) is 1. The van der Waals surface area contributed by atoms with Gasteiger partial charge in [0.15, 0.2) is 0 Å². The molecule has 0 aliphatic carbocycles. The number of thioether (sulfide) groups is 1. The van der Waals surface area contributed by atoms with Gasteiger partial charge < -0.3 is 4.74 Å². The number of carbonyl (C=O) groups is 2. The standard InChI is InChI=1S/C17H14N2O3S/c20-16-15(23-17(21)19-16)11-12-4-6-14(7-5-12)22-10-8-13-3-1-2-9-18-13/h1-7,9,11H,8,10H2,(H,19,20,21)/b15-11-. The lowest BCUT2D eigenvalue weighted by Gasteiger charge is -2.06. The molecule has 1 fully saturated rings. The van der Waals surface area contributed by atoms with Crippen molar-refractivity contribution in [3.63, 3.8) is 0 Å². The molecule has 1 aliphatic rings. The number of hydrogen-bond acceptors (Lipinski definition) is 5. The molecule has 0 spiro atoms. The first-order valence-corrected chi connectivity index (χ1v) is 7.90. The van der Waals surface area contributed by atoms with Crippen LogP contribution in [-0.2, 0) is 11.2 Å². The Labute approximate surface area is 137 Å². The first-order valence-electron chi connectivity index (χ1n) is 7.08. The molecule has 116 valence electrons. The summed E-state index contributed by atoms with van der Waals surface area (Å²) in [5.41, 5.74) is 1.83. The highest BCUT2D eigenvalue weighted by molar-refractivity contribution is 8.18. The quantitative estimate of drug-likeness (QED) is 0.855. The summed E-state index contributed by atoms with van der Waals surface area (Å²) in [6.45, 7) is 0.546. The second-order valence-corrected chi connectivity index (χ2v) is 5.86. The zero-order valence-corrected chi connectivity index (χ0v) is 13.0. The Morgan fingerprint density at radius 2 is 1.96 bits per heavy atom. The van der Waals surface area contributed by atoms with Crippen LogP contribution in [0.25, 0.3) is 6.08 Å². The van der Waals surface area contributed by atoms with Crippen molar-refractivity contribution in [2.75, 3.05) is 6.61 Å². The van der Waals surface area contributed by atoms with E-state index in [-0.39, 0.29) is 11.1 Å². The topological polar surface area (TPSA) is 68.3 Å². The van der Waals surface area contributed by atoms with E-state index in [1.807, 2.05) is 42.5 Å². The van der Waals surface area contributed by atoms with Gasteiger partial charge in [-0.3, -0.25) is 19.9 Å². The number of carbonyl (C=O) groups excluding carboxylic acids is 2. The van der Waals surface area contributed by atoms with Gasteiger partial charge in [0.2, 0.25) is 0 Å². The molecular formula is C17H14N2O3S. The molecule has 1 saturated heterocycles. The molecule has 1 N–H and O–H groups in total. The van der Waals surface area contributed by atoms with E-state index in [9.17, 15) is 9.59 Å². The van der Waals surface area contributed by atoms with Crippen LogP contribution in [0.2, 0.25) is 0 Å². The Morgan fingerprint density at radius 1 is 1.13 bits per heavy atom. The minimum atomic E-state index is -0.351.